The first-order valence-electron chi connectivity index (χ1n) is 4.73. The van der Waals surface area contributed by atoms with Gasteiger partial charge in [-0.05, 0) is 31.5 Å². The number of hydrogen-bond acceptors (Lipinski definition) is 4. The summed E-state index contributed by atoms with van der Waals surface area (Å²) in [6, 6.07) is 3.65. The van der Waals surface area contributed by atoms with Crippen LogP contribution in [0.4, 0.5) is 0 Å². The van der Waals surface area contributed by atoms with Crippen LogP contribution in [0, 0.1) is 0 Å². The molecule has 1 heterocycles. The van der Waals surface area contributed by atoms with E-state index in [1.165, 1.54) is 0 Å². The van der Waals surface area contributed by atoms with Crippen molar-refractivity contribution in [3.05, 3.63) is 22.2 Å². The maximum atomic E-state index is 10.4. The first-order valence-corrected chi connectivity index (χ1v) is 5.52. The van der Waals surface area contributed by atoms with Crippen LogP contribution in [0.5, 0.6) is 11.5 Å². The molecular formula is C11H10BrNO3. The van der Waals surface area contributed by atoms with Gasteiger partial charge in [-0.15, -0.1) is 0 Å². The maximum Gasteiger partial charge on any atom is 0.235 e. The summed E-state index contributed by atoms with van der Waals surface area (Å²) >= 11 is 3.43. The number of rotatable bonds is 2. The van der Waals surface area contributed by atoms with Crippen molar-refractivity contribution in [1.29, 1.82) is 0 Å². The van der Waals surface area contributed by atoms with Crippen LogP contribution in [0.15, 0.2) is 21.6 Å². The van der Waals surface area contributed by atoms with Crippen molar-refractivity contribution in [3.8, 4) is 11.5 Å². The number of fused-ring (bicyclic) bond motifs is 1. The van der Waals surface area contributed by atoms with Crippen molar-refractivity contribution in [1.82, 2.24) is 0 Å². The highest BCUT2D eigenvalue weighted by atomic mass is 79.9. The summed E-state index contributed by atoms with van der Waals surface area (Å²) in [5.41, 5.74) is 0.224. The van der Waals surface area contributed by atoms with Crippen molar-refractivity contribution in [3.63, 3.8) is 0 Å². The Labute approximate surface area is 101 Å². The van der Waals surface area contributed by atoms with Gasteiger partial charge in [0, 0.05) is 4.47 Å². The van der Waals surface area contributed by atoms with E-state index in [1.807, 2.05) is 26.0 Å². The Balaban J connectivity index is 2.53. The normalized spacial score (nSPS) is 13.4. The van der Waals surface area contributed by atoms with Crippen molar-refractivity contribution >= 4 is 22.0 Å². The third kappa shape index (κ3) is 1.84. The fourth-order valence-corrected chi connectivity index (χ4v) is 2.37. The van der Waals surface area contributed by atoms with Crippen LogP contribution in [0.3, 0.4) is 0 Å². The Hall–Kier alpha value is -1.32. The second kappa shape index (κ2) is 3.92. The highest BCUT2D eigenvalue weighted by Gasteiger charge is 2.26. The SMILES string of the molecule is CC(C)(N=C=O)c1cc2c(cc1Br)OCO2. The Kier molecular flexibility index (Phi) is 2.74. The molecule has 16 heavy (non-hydrogen) atoms. The molecule has 0 N–H and O–H groups in total. The van der Waals surface area contributed by atoms with Crippen molar-refractivity contribution in [2.45, 2.75) is 19.4 Å². The molecule has 1 aliphatic rings. The third-order valence-corrected chi connectivity index (χ3v) is 3.10. The van der Waals surface area contributed by atoms with Crippen LogP contribution in [0.1, 0.15) is 19.4 Å². The fourth-order valence-electron chi connectivity index (χ4n) is 1.56. The molecule has 0 saturated heterocycles. The summed E-state index contributed by atoms with van der Waals surface area (Å²) in [6.45, 7) is 3.89. The summed E-state index contributed by atoms with van der Waals surface area (Å²) in [4.78, 5) is 14.2. The van der Waals surface area contributed by atoms with Crippen LogP contribution < -0.4 is 9.47 Å². The average molecular weight is 284 g/mol. The lowest BCUT2D eigenvalue weighted by atomic mass is 9.95. The second-order valence-electron chi connectivity index (χ2n) is 3.95. The fraction of sp³-hybridized carbons (Fsp3) is 0.364. The van der Waals surface area contributed by atoms with Gasteiger partial charge < -0.3 is 9.47 Å². The van der Waals surface area contributed by atoms with E-state index in [1.54, 1.807) is 6.08 Å². The molecule has 4 nitrogen and oxygen atoms in total. The number of nitrogens with zero attached hydrogens (tertiary/aromatic N) is 1. The van der Waals surface area contributed by atoms with E-state index in [-0.39, 0.29) is 6.79 Å². The molecule has 0 fully saturated rings. The zero-order valence-corrected chi connectivity index (χ0v) is 10.5. The molecule has 0 atom stereocenters. The van der Waals surface area contributed by atoms with Gasteiger partial charge in [0.2, 0.25) is 12.9 Å². The minimum absolute atomic E-state index is 0.225. The van der Waals surface area contributed by atoms with Gasteiger partial charge in [-0.2, -0.15) is 4.99 Å². The van der Waals surface area contributed by atoms with E-state index in [4.69, 9.17) is 9.47 Å². The zero-order chi connectivity index (χ0) is 11.8. The monoisotopic (exact) mass is 283 g/mol. The van der Waals surface area contributed by atoms with Gasteiger partial charge >= 0.3 is 0 Å². The van der Waals surface area contributed by atoms with Crippen LogP contribution in [0.2, 0.25) is 0 Å². The number of ether oxygens (including phenoxy) is 2. The topological polar surface area (TPSA) is 47.9 Å². The molecule has 0 radical (unpaired) electrons. The first-order chi connectivity index (χ1) is 7.54. The summed E-state index contributed by atoms with van der Waals surface area (Å²) in [5.74, 6) is 1.37. The van der Waals surface area contributed by atoms with Crippen molar-refractivity contribution in [2.75, 3.05) is 6.79 Å². The Morgan fingerprint density at radius 1 is 1.38 bits per heavy atom. The molecule has 1 aliphatic heterocycles. The Morgan fingerprint density at radius 2 is 2.00 bits per heavy atom. The smallest absolute Gasteiger partial charge is 0.235 e. The van der Waals surface area contributed by atoms with Crippen LogP contribution in [-0.4, -0.2) is 12.9 Å². The first kappa shape index (κ1) is 11.2. The van der Waals surface area contributed by atoms with E-state index in [9.17, 15) is 4.79 Å². The Bertz CT molecular complexity index is 478. The van der Waals surface area contributed by atoms with Crippen LogP contribution in [-0.2, 0) is 10.3 Å². The highest BCUT2D eigenvalue weighted by molar-refractivity contribution is 9.10. The van der Waals surface area contributed by atoms with Gasteiger partial charge in [-0.3, -0.25) is 0 Å². The Morgan fingerprint density at radius 3 is 2.62 bits per heavy atom. The standard InChI is InChI=1S/C11H10BrNO3/c1-11(2,13-5-14)7-3-9-10(4-8(7)12)16-6-15-9/h3-4H,6H2,1-2H3. The molecule has 0 spiro atoms. The predicted octanol–water partition coefficient (Wildman–Crippen LogP) is 2.75. The number of hydrogen-bond donors (Lipinski definition) is 0. The molecule has 0 aliphatic carbocycles. The average Bonchev–Trinajstić information content (AvgIpc) is 2.63. The maximum absolute atomic E-state index is 10.4. The van der Waals surface area contributed by atoms with Crippen LogP contribution in [0.25, 0.3) is 0 Å². The summed E-state index contributed by atoms with van der Waals surface area (Å²) in [6.07, 6.45) is 1.58. The van der Waals surface area contributed by atoms with Crippen LogP contribution >= 0.6 is 15.9 Å². The molecule has 84 valence electrons. The number of halogens is 1. The number of carbonyl (C=O) groups excluding carboxylic acids is 1. The van der Waals surface area contributed by atoms with E-state index in [0.29, 0.717) is 11.5 Å². The zero-order valence-electron chi connectivity index (χ0n) is 8.91. The van der Waals surface area contributed by atoms with E-state index in [2.05, 4.69) is 20.9 Å². The number of isocyanates is 1. The van der Waals surface area contributed by atoms with E-state index < -0.39 is 5.54 Å². The molecule has 0 unspecified atom stereocenters. The quantitative estimate of drug-likeness (QED) is 0.619. The molecule has 1 aromatic carbocycles. The largest absolute Gasteiger partial charge is 0.454 e. The van der Waals surface area contributed by atoms with Gasteiger partial charge in [0.05, 0.1) is 5.54 Å². The van der Waals surface area contributed by atoms with E-state index in [0.717, 1.165) is 10.0 Å². The third-order valence-electron chi connectivity index (χ3n) is 2.45. The highest BCUT2D eigenvalue weighted by Crippen LogP contribution is 2.41. The molecule has 0 aromatic heterocycles. The summed E-state index contributed by atoms with van der Waals surface area (Å²) in [7, 11) is 0. The summed E-state index contributed by atoms with van der Waals surface area (Å²) < 4.78 is 11.4. The van der Waals surface area contributed by atoms with Crippen molar-refractivity contribution < 1.29 is 14.3 Å². The molecular weight excluding hydrogens is 274 g/mol. The molecule has 0 amide bonds. The number of benzene rings is 1. The molecule has 0 bridgehead atoms. The van der Waals surface area contributed by atoms with Gasteiger partial charge in [0.15, 0.2) is 11.5 Å². The molecule has 1 aromatic rings. The predicted molar refractivity (Wildman–Crippen MR) is 61.4 cm³/mol. The summed E-state index contributed by atoms with van der Waals surface area (Å²) in [5, 5.41) is 0. The lowest BCUT2D eigenvalue weighted by Crippen LogP contribution is -2.14. The lowest BCUT2D eigenvalue weighted by Gasteiger charge is -2.19. The molecule has 0 saturated carbocycles. The lowest BCUT2D eigenvalue weighted by molar-refractivity contribution is 0.174. The van der Waals surface area contributed by atoms with Gasteiger partial charge in [0.25, 0.3) is 0 Å². The second-order valence-corrected chi connectivity index (χ2v) is 4.80. The minimum Gasteiger partial charge on any atom is -0.454 e. The van der Waals surface area contributed by atoms with Crippen molar-refractivity contribution in [2.24, 2.45) is 4.99 Å². The van der Waals surface area contributed by atoms with Gasteiger partial charge in [-0.1, -0.05) is 15.9 Å². The number of aliphatic imine (C=N–C) groups is 1. The molecule has 5 heteroatoms. The van der Waals surface area contributed by atoms with Gasteiger partial charge in [-0.25, -0.2) is 4.79 Å². The minimum atomic E-state index is -0.637. The molecule has 2 rings (SSSR count). The van der Waals surface area contributed by atoms with Gasteiger partial charge in [0.1, 0.15) is 0 Å². The van der Waals surface area contributed by atoms with E-state index >= 15 is 0 Å².